The molecule has 0 radical (unpaired) electrons. The molecular weight excluding hydrogens is 280 g/mol. The van der Waals surface area contributed by atoms with Crippen molar-refractivity contribution in [2.75, 3.05) is 11.9 Å². The van der Waals surface area contributed by atoms with Gasteiger partial charge in [-0.25, -0.2) is 0 Å². The number of para-hydroxylation sites is 1. The Balaban J connectivity index is 2.13. The van der Waals surface area contributed by atoms with Crippen LogP contribution in [0.15, 0.2) is 48.5 Å². The van der Waals surface area contributed by atoms with E-state index in [1.807, 2.05) is 0 Å². The Morgan fingerprint density at radius 2 is 1.82 bits per heavy atom. The minimum absolute atomic E-state index is 0.164. The van der Waals surface area contributed by atoms with E-state index in [0.29, 0.717) is 17.0 Å². The molecule has 0 bridgehead atoms. The molecule has 3 N–H and O–H groups in total. The second-order valence-corrected chi connectivity index (χ2v) is 4.38. The van der Waals surface area contributed by atoms with Crippen molar-refractivity contribution in [3.8, 4) is 18.1 Å². The lowest BCUT2D eigenvalue weighted by molar-refractivity contribution is 0.100. The van der Waals surface area contributed by atoms with Crippen molar-refractivity contribution in [1.82, 2.24) is 0 Å². The largest absolute Gasteiger partial charge is 0.481 e. The van der Waals surface area contributed by atoms with Gasteiger partial charge in [-0.2, -0.15) is 0 Å². The maximum Gasteiger partial charge on any atom is 0.255 e. The Morgan fingerprint density at radius 1 is 1.14 bits per heavy atom. The fraction of sp³-hybridized carbons (Fsp3) is 0.0588. The fourth-order valence-electron chi connectivity index (χ4n) is 1.83. The van der Waals surface area contributed by atoms with Crippen molar-refractivity contribution in [1.29, 1.82) is 0 Å². The lowest BCUT2D eigenvalue weighted by Gasteiger charge is -2.09. The number of carbonyl (C=O) groups is 2. The number of rotatable bonds is 5. The van der Waals surface area contributed by atoms with Gasteiger partial charge in [-0.1, -0.05) is 18.1 Å². The second kappa shape index (κ2) is 6.95. The third kappa shape index (κ3) is 3.64. The molecule has 2 rings (SSSR count). The molecule has 0 saturated carbocycles. The van der Waals surface area contributed by atoms with Gasteiger partial charge in [0.05, 0.1) is 11.3 Å². The molecule has 0 aliphatic rings. The SMILES string of the molecule is C#CCOc1ccc(C(=O)Nc2ccccc2C(N)=O)cc1. The van der Waals surface area contributed by atoms with Crippen LogP contribution in [0.1, 0.15) is 20.7 Å². The van der Waals surface area contributed by atoms with Crippen LogP contribution in [0.4, 0.5) is 5.69 Å². The van der Waals surface area contributed by atoms with E-state index in [4.69, 9.17) is 16.9 Å². The highest BCUT2D eigenvalue weighted by atomic mass is 16.5. The summed E-state index contributed by atoms with van der Waals surface area (Å²) in [5.74, 6) is 1.98. The number of hydrogen-bond acceptors (Lipinski definition) is 3. The van der Waals surface area contributed by atoms with Crippen LogP contribution in [0.25, 0.3) is 0 Å². The average Bonchev–Trinajstić information content (AvgIpc) is 2.53. The zero-order valence-electron chi connectivity index (χ0n) is 11.7. The number of benzene rings is 2. The summed E-state index contributed by atoms with van der Waals surface area (Å²) in [5.41, 5.74) is 6.32. The van der Waals surface area contributed by atoms with E-state index in [9.17, 15) is 9.59 Å². The Hall–Kier alpha value is -3.26. The number of ether oxygens (including phenoxy) is 1. The predicted molar refractivity (Wildman–Crippen MR) is 83.7 cm³/mol. The van der Waals surface area contributed by atoms with Crippen LogP contribution in [0.5, 0.6) is 5.75 Å². The molecule has 0 aromatic heterocycles. The van der Waals surface area contributed by atoms with E-state index in [0.717, 1.165) is 0 Å². The number of amides is 2. The van der Waals surface area contributed by atoms with Crippen molar-refractivity contribution in [3.05, 3.63) is 59.7 Å². The number of anilines is 1. The highest BCUT2D eigenvalue weighted by Crippen LogP contribution is 2.17. The molecule has 0 unspecified atom stereocenters. The van der Waals surface area contributed by atoms with Crippen molar-refractivity contribution < 1.29 is 14.3 Å². The molecule has 22 heavy (non-hydrogen) atoms. The van der Waals surface area contributed by atoms with Gasteiger partial charge in [-0.05, 0) is 36.4 Å². The number of nitrogens with one attached hydrogen (secondary N) is 1. The maximum absolute atomic E-state index is 12.2. The molecular formula is C17H14N2O3. The predicted octanol–water partition coefficient (Wildman–Crippen LogP) is 2.05. The summed E-state index contributed by atoms with van der Waals surface area (Å²) in [6, 6.07) is 13.0. The standard InChI is InChI=1S/C17H14N2O3/c1-2-11-22-13-9-7-12(8-10-13)17(21)19-15-6-4-3-5-14(15)16(18)20/h1,3-10H,11H2,(H2,18,20)(H,19,21). The lowest BCUT2D eigenvalue weighted by atomic mass is 10.1. The van der Waals surface area contributed by atoms with Crippen molar-refractivity contribution >= 4 is 17.5 Å². The Kier molecular flexibility index (Phi) is 4.78. The van der Waals surface area contributed by atoms with Crippen molar-refractivity contribution in [2.45, 2.75) is 0 Å². The minimum Gasteiger partial charge on any atom is -0.481 e. The van der Waals surface area contributed by atoms with Gasteiger partial charge in [-0.3, -0.25) is 9.59 Å². The number of terminal acetylenes is 1. The van der Waals surface area contributed by atoms with Gasteiger partial charge < -0.3 is 15.8 Å². The maximum atomic E-state index is 12.2. The molecule has 0 fully saturated rings. The van der Waals surface area contributed by atoms with Gasteiger partial charge in [0.1, 0.15) is 12.4 Å². The summed E-state index contributed by atoms with van der Waals surface area (Å²) in [6.07, 6.45) is 5.10. The number of hydrogen-bond donors (Lipinski definition) is 2. The molecule has 2 amide bonds. The number of nitrogens with two attached hydrogens (primary N) is 1. The third-order valence-electron chi connectivity index (χ3n) is 2.88. The first-order chi connectivity index (χ1) is 10.6. The number of carbonyl (C=O) groups excluding carboxylic acids is 2. The summed E-state index contributed by atoms with van der Waals surface area (Å²) in [7, 11) is 0. The fourth-order valence-corrected chi connectivity index (χ4v) is 1.83. The zero-order chi connectivity index (χ0) is 15.9. The average molecular weight is 294 g/mol. The highest BCUT2D eigenvalue weighted by Gasteiger charge is 2.11. The van der Waals surface area contributed by atoms with E-state index in [-0.39, 0.29) is 18.1 Å². The molecule has 0 heterocycles. The normalized spacial score (nSPS) is 9.59. The van der Waals surface area contributed by atoms with Gasteiger partial charge in [0, 0.05) is 5.56 Å². The van der Waals surface area contributed by atoms with E-state index in [2.05, 4.69) is 11.2 Å². The van der Waals surface area contributed by atoms with E-state index in [1.165, 1.54) is 0 Å². The van der Waals surface area contributed by atoms with Crippen LogP contribution in [0.2, 0.25) is 0 Å². The summed E-state index contributed by atoms with van der Waals surface area (Å²) in [6.45, 7) is 0.164. The third-order valence-corrected chi connectivity index (χ3v) is 2.88. The molecule has 2 aromatic rings. The zero-order valence-corrected chi connectivity index (χ0v) is 11.7. The van der Waals surface area contributed by atoms with E-state index < -0.39 is 5.91 Å². The second-order valence-electron chi connectivity index (χ2n) is 4.38. The summed E-state index contributed by atoms with van der Waals surface area (Å²) >= 11 is 0. The van der Waals surface area contributed by atoms with Crippen molar-refractivity contribution in [2.24, 2.45) is 5.73 Å². The first-order valence-corrected chi connectivity index (χ1v) is 6.48. The summed E-state index contributed by atoms with van der Waals surface area (Å²) in [5, 5.41) is 2.66. The molecule has 5 nitrogen and oxygen atoms in total. The van der Waals surface area contributed by atoms with Crippen LogP contribution in [0, 0.1) is 12.3 Å². The minimum atomic E-state index is -0.603. The Bertz CT molecular complexity index is 730. The van der Waals surface area contributed by atoms with Crippen LogP contribution < -0.4 is 15.8 Å². The van der Waals surface area contributed by atoms with Crippen LogP contribution >= 0.6 is 0 Å². The molecule has 0 aliphatic heterocycles. The number of primary amides is 1. The molecule has 0 saturated heterocycles. The van der Waals surface area contributed by atoms with Crippen LogP contribution in [0.3, 0.4) is 0 Å². The van der Waals surface area contributed by atoms with Gasteiger partial charge in [-0.15, -0.1) is 6.42 Å². The Labute approximate surface area is 128 Å². The highest BCUT2D eigenvalue weighted by molar-refractivity contribution is 6.08. The molecule has 0 aliphatic carbocycles. The van der Waals surface area contributed by atoms with E-state index >= 15 is 0 Å². The lowest BCUT2D eigenvalue weighted by Crippen LogP contribution is -2.18. The van der Waals surface area contributed by atoms with Crippen LogP contribution in [-0.2, 0) is 0 Å². The van der Waals surface area contributed by atoms with Crippen LogP contribution in [-0.4, -0.2) is 18.4 Å². The van der Waals surface area contributed by atoms with E-state index in [1.54, 1.807) is 48.5 Å². The first kappa shape index (κ1) is 15.1. The topological polar surface area (TPSA) is 81.4 Å². The molecule has 110 valence electrons. The van der Waals surface area contributed by atoms with Gasteiger partial charge in [0.25, 0.3) is 11.8 Å². The molecule has 0 atom stereocenters. The quantitative estimate of drug-likeness (QED) is 0.828. The smallest absolute Gasteiger partial charge is 0.255 e. The molecule has 5 heteroatoms. The van der Waals surface area contributed by atoms with Crippen molar-refractivity contribution in [3.63, 3.8) is 0 Å². The Morgan fingerprint density at radius 3 is 2.45 bits per heavy atom. The molecule has 2 aromatic carbocycles. The van der Waals surface area contributed by atoms with Gasteiger partial charge in [0.2, 0.25) is 0 Å². The van der Waals surface area contributed by atoms with Gasteiger partial charge in [0.15, 0.2) is 0 Å². The molecule has 0 spiro atoms. The first-order valence-electron chi connectivity index (χ1n) is 6.48. The van der Waals surface area contributed by atoms with Gasteiger partial charge >= 0.3 is 0 Å². The summed E-state index contributed by atoms with van der Waals surface area (Å²) < 4.78 is 5.23. The summed E-state index contributed by atoms with van der Waals surface area (Å²) in [4.78, 5) is 23.5. The monoisotopic (exact) mass is 294 g/mol.